The number of hydrogen-bond donors (Lipinski definition) is 0. The second-order valence-electron chi connectivity index (χ2n) is 18.5. The van der Waals surface area contributed by atoms with Crippen molar-refractivity contribution in [3.8, 4) is 0 Å². The first-order valence-electron chi connectivity index (χ1n) is 18.1. The van der Waals surface area contributed by atoms with Gasteiger partial charge in [-0.3, -0.25) is 0 Å². The molecule has 1 aromatic carbocycles. The molecule has 8 heteroatoms. The highest BCUT2D eigenvalue weighted by Gasteiger charge is 2.68. The van der Waals surface area contributed by atoms with Crippen molar-refractivity contribution in [2.75, 3.05) is 6.61 Å². The lowest BCUT2D eigenvalue weighted by atomic mass is 9.44. The summed E-state index contributed by atoms with van der Waals surface area (Å²) in [6.07, 6.45) is 11.8. The Hall–Kier alpha value is -0.779. The number of fused-ring (bicyclic) bond motifs is 5. The van der Waals surface area contributed by atoms with Gasteiger partial charge in [0.2, 0.25) is 0 Å². The fourth-order valence-electron chi connectivity index (χ4n) is 10.3. The van der Waals surface area contributed by atoms with E-state index in [1.165, 1.54) is 51.4 Å². The van der Waals surface area contributed by atoms with E-state index in [1.807, 2.05) is 6.07 Å². The normalized spacial score (nSPS) is 37.5. The quantitative estimate of drug-likeness (QED) is 0.133. The van der Waals surface area contributed by atoms with E-state index in [0.29, 0.717) is 30.7 Å². The summed E-state index contributed by atoms with van der Waals surface area (Å²) >= 11 is 0. The minimum absolute atomic E-state index is 0.0214. The molecule has 4 fully saturated rings. The Labute approximate surface area is 279 Å². The lowest BCUT2D eigenvalue weighted by molar-refractivity contribution is -0.139. The molecule has 0 amide bonds. The summed E-state index contributed by atoms with van der Waals surface area (Å²) in [7, 11) is -5.29. The monoisotopic (exact) mass is 671 g/mol. The SMILES string of the molecule is C[C@]12CC[C@@H](O[Si](C)(C)C)C[C@H]1CC[C@@H]1[C@@H]2CC[C@@]2(C)[C@H]1CC[C@]2(O[Si](C)(C)C)/C(CO[Si](C)(C)C)=N/OCc1ccccc1. The van der Waals surface area contributed by atoms with Crippen LogP contribution in [-0.4, -0.2) is 49.0 Å². The fourth-order valence-corrected chi connectivity index (χ4v) is 13.6. The fraction of sp³-hybridized carbons (Fsp3) is 0.811. The number of oxime groups is 1. The molecule has 0 radical (unpaired) electrons. The standard InChI is InChI=1S/C37H65NO4Si3/c1-35-22-19-30(41-44(6,7)8)25-29(35)17-18-31-32(35)20-23-36(2)33(31)21-24-37(36,42-45(9,10)11)34(27-40-43(3,4)5)38-39-26-28-15-13-12-14-16-28/h12-16,29-33H,17-27H2,1-11H3/b38-34+/t29-,30-,31-,32+,33+,35+,36+,37+/m1/s1. The van der Waals surface area contributed by atoms with Crippen LogP contribution in [0.5, 0.6) is 0 Å². The third-order valence-corrected chi connectivity index (χ3v) is 15.1. The Bertz CT molecular complexity index is 1190. The zero-order valence-corrected chi connectivity index (χ0v) is 33.6. The summed E-state index contributed by atoms with van der Waals surface area (Å²) in [6.45, 7) is 27.2. The zero-order chi connectivity index (χ0) is 32.9. The van der Waals surface area contributed by atoms with Crippen LogP contribution < -0.4 is 0 Å². The van der Waals surface area contributed by atoms with Crippen molar-refractivity contribution in [2.45, 2.75) is 149 Å². The molecule has 5 rings (SSSR count). The van der Waals surface area contributed by atoms with E-state index in [-0.39, 0.29) is 5.41 Å². The van der Waals surface area contributed by atoms with Gasteiger partial charge in [0.25, 0.3) is 0 Å². The van der Waals surface area contributed by atoms with Crippen LogP contribution >= 0.6 is 0 Å². The van der Waals surface area contributed by atoms with Crippen LogP contribution in [-0.2, 0) is 24.7 Å². The lowest BCUT2D eigenvalue weighted by Crippen LogP contribution is -2.62. The van der Waals surface area contributed by atoms with Gasteiger partial charge in [-0.15, -0.1) is 0 Å². The first-order valence-corrected chi connectivity index (χ1v) is 28.3. The average Bonchev–Trinajstić information content (AvgIpc) is 3.21. The summed E-state index contributed by atoms with van der Waals surface area (Å²) in [5.41, 5.74) is 2.16. The van der Waals surface area contributed by atoms with Crippen LogP contribution in [0.1, 0.15) is 77.2 Å². The minimum Gasteiger partial charge on any atom is -0.415 e. The Morgan fingerprint density at radius 2 is 1.47 bits per heavy atom. The van der Waals surface area contributed by atoms with Crippen molar-refractivity contribution >= 4 is 30.7 Å². The highest BCUT2D eigenvalue weighted by molar-refractivity contribution is 6.70. The molecule has 0 spiro atoms. The Kier molecular flexibility index (Phi) is 10.2. The van der Waals surface area contributed by atoms with Gasteiger partial charge in [0.15, 0.2) is 25.0 Å². The largest absolute Gasteiger partial charge is 0.415 e. The molecule has 5 nitrogen and oxygen atoms in total. The van der Waals surface area contributed by atoms with E-state index in [2.05, 4.69) is 97.0 Å². The van der Waals surface area contributed by atoms with Gasteiger partial charge >= 0.3 is 0 Å². The molecule has 8 atom stereocenters. The van der Waals surface area contributed by atoms with Gasteiger partial charge in [-0.2, -0.15) is 0 Å². The van der Waals surface area contributed by atoms with Crippen molar-refractivity contribution in [1.29, 1.82) is 0 Å². The molecular weight excluding hydrogens is 607 g/mol. The summed E-state index contributed by atoms with van der Waals surface area (Å²) < 4.78 is 20.9. The number of hydrogen-bond acceptors (Lipinski definition) is 5. The maximum Gasteiger partial charge on any atom is 0.185 e. The lowest BCUT2D eigenvalue weighted by Gasteiger charge is -2.62. The van der Waals surface area contributed by atoms with Crippen LogP contribution in [0.25, 0.3) is 0 Å². The highest BCUT2D eigenvalue weighted by Crippen LogP contribution is 2.69. The first kappa shape index (κ1) is 35.5. The number of rotatable bonds is 11. The molecule has 45 heavy (non-hydrogen) atoms. The summed E-state index contributed by atoms with van der Waals surface area (Å²) in [5.74, 6) is 3.01. The topological polar surface area (TPSA) is 49.3 Å². The van der Waals surface area contributed by atoms with Crippen LogP contribution in [0.3, 0.4) is 0 Å². The van der Waals surface area contributed by atoms with Crippen molar-refractivity contribution in [2.24, 2.45) is 39.7 Å². The molecule has 0 aliphatic heterocycles. The molecule has 0 unspecified atom stereocenters. The van der Waals surface area contributed by atoms with Crippen LogP contribution in [0.15, 0.2) is 35.5 Å². The highest BCUT2D eigenvalue weighted by atomic mass is 28.4. The van der Waals surface area contributed by atoms with Crippen LogP contribution in [0.4, 0.5) is 0 Å². The molecular formula is C37H65NO4Si3. The van der Waals surface area contributed by atoms with Crippen molar-refractivity contribution in [1.82, 2.24) is 0 Å². The van der Waals surface area contributed by atoms with E-state index in [0.717, 1.165) is 35.4 Å². The molecule has 0 aromatic heterocycles. The third-order valence-electron chi connectivity index (χ3n) is 12.1. The molecule has 1 aromatic rings. The van der Waals surface area contributed by atoms with E-state index in [9.17, 15) is 0 Å². The van der Waals surface area contributed by atoms with Gasteiger partial charge in [-0.05, 0) is 151 Å². The molecule has 254 valence electrons. The molecule has 4 aliphatic rings. The smallest absolute Gasteiger partial charge is 0.185 e. The maximum absolute atomic E-state index is 7.51. The van der Waals surface area contributed by atoms with Crippen LogP contribution in [0, 0.1) is 34.5 Å². The minimum atomic E-state index is -1.96. The molecule has 4 saturated carbocycles. The molecule has 0 saturated heterocycles. The Morgan fingerprint density at radius 1 is 0.778 bits per heavy atom. The van der Waals surface area contributed by atoms with Crippen LogP contribution in [0.2, 0.25) is 58.9 Å². The van der Waals surface area contributed by atoms with Crippen molar-refractivity contribution < 1.29 is 18.1 Å². The van der Waals surface area contributed by atoms with E-state index >= 15 is 0 Å². The van der Waals surface area contributed by atoms with E-state index < -0.39 is 30.6 Å². The number of nitrogens with zero attached hydrogens (tertiary/aromatic N) is 1. The number of benzene rings is 1. The Balaban J connectivity index is 1.45. The third kappa shape index (κ3) is 7.61. The van der Waals surface area contributed by atoms with Gasteiger partial charge in [-0.1, -0.05) is 49.3 Å². The van der Waals surface area contributed by atoms with Crippen molar-refractivity contribution in [3.05, 3.63) is 35.9 Å². The Morgan fingerprint density at radius 3 is 2.11 bits per heavy atom. The van der Waals surface area contributed by atoms with Gasteiger partial charge < -0.3 is 18.1 Å². The van der Waals surface area contributed by atoms with Gasteiger partial charge in [0.1, 0.15) is 17.9 Å². The molecule has 0 N–H and O–H groups in total. The first-order chi connectivity index (χ1) is 20.9. The second-order valence-corrected chi connectivity index (χ2v) is 31.9. The average molecular weight is 672 g/mol. The summed E-state index contributed by atoms with van der Waals surface area (Å²) in [4.78, 5) is 6.21. The van der Waals surface area contributed by atoms with E-state index in [1.54, 1.807) is 0 Å². The molecule has 0 heterocycles. The van der Waals surface area contributed by atoms with Crippen molar-refractivity contribution in [3.63, 3.8) is 0 Å². The predicted molar refractivity (Wildman–Crippen MR) is 195 cm³/mol. The summed E-state index contributed by atoms with van der Waals surface area (Å²) in [6, 6.07) is 10.4. The molecule has 4 aliphatic carbocycles. The second kappa shape index (κ2) is 12.9. The predicted octanol–water partition coefficient (Wildman–Crippen LogP) is 10.3. The van der Waals surface area contributed by atoms with Gasteiger partial charge in [0.05, 0.1) is 6.61 Å². The molecule has 0 bridgehead atoms. The summed E-state index contributed by atoms with van der Waals surface area (Å²) in [5, 5.41) is 5.02. The maximum atomic E-state index is 7.51. The van der Waals surface area contributed by atoms with E-state index in [4.69, 9.17) is 23.3 Å². The van der Waals surface area contributed by atoms with Gasteiger partial charge in [0, 0.05) is 11.5 Å². The van der Waals surface area contributed by atoms with Gasteiger partial charge in [-0.25, -0.2) is 0 Å². The zero-order valence-electron chi connectivity index (χ0n) is 30.6.